The molecule has 0 saturated heterocycles. The van der Waals surface area contributed by atoms with Gasteiger partial charge in [0.05, 0.1) is 0 Å². The first kappa shape index (κ1) is 8.19. The number of ether oxygens (including phenoxy) is 2. The van der Waals surface area contributed by atoms with Crippen LogP contribution in [-0.2, 0) is 11.3 Å². The number of hydrogen-bond acceptors (Lipinski definition) is 4. The van der Waals surface area contributed by atoms with Gasteiger partial charge in [-0.1, -0.05) is 12.1 Å². The maximum absolute atomic E-state index is 10.6. The number of benzene rings is 1. The van der Waals surface area contributed by atoms with Gasteiger partial charge in [-0.15, -0.1) is 0 Å². The van der Waals surface area contributed by atoms with Crippen LogP contribution in [0.3, 0.4) is 0 Å². The fourth-order valence-electron chi connectivity index (χ4n) is 1.19. The van der Waals surface area contributed by atoms with E-state index < -0.39 is 0 Å². The minimum absolute atomic E-state index is 0.107. The Bertz CT molecular complexity index is 373. The van der Waals surface area contributed by atoms with E-state index in [-0.39, 0.29) is 5.24 Å². The number of thiocarbonyl (C=S) groups is 1. The molecule has 0 aromatic heterocycles. The van der Waals surface area contributed by atoms with Gasteiger partial charge in [0.25, 0.3) is 0 Å². The largest absolute Gasteiger partial charge is 0.452 e. The molecular formula is C9H6O3S. The molecule has 0 N–H and O–H groups in total. The number of rotatable bonds is 1. The third-order valence-electron chi connectivity index (χ3n) is 1.82. The second-order valence-electron chi connectivity index (χ2n) is 2.58. The first-order valence-electron chi connectivity index (χ1n) is 3.73. The van der Waals surface area contributed by atoms with Crippen molar-refractivity contribution in [2.24, 2.45) is 0 Å². The summed E-state index contributed by atoms with van der Waals surface area (Å²) in [5.41, 5.74) is 1.34. The monoisotopic (exact) mass is 194 g/mol. The zero-order chi connectivity index (χ0) is 9.26. The quantitative estimate of drug-likeness (QED) is 0.503. The predicted molar refractivity (Wildman–Crippen MR) is 49.8 cm³/mol. The molecule has 1 aliphatic heterocycles. The SMILES string of the molecule is O=Cc1cccc2c1COC(=S)O2. The van der Waals surface area contributed by atoms with Crippen LogP contribution in [0.2, 0.25) is 0 Å². The fraction of sp³-hybridized carbons (Fsp3) is 0.111. The van der Waals surface area contributed by atoms with Crippen molar-refractivity contribution in [1.29, 1.82) is 0 Å². The summed E-state index contributed by atoms with van der Waals surface area (Å²) in [6.07, 6.45) is 0.778. The second kappa shape index (κ2) is 3.14. The van der Waals surface area contributed by atoms with Crippen LogP contribution in [0.25, 0.3) is 0 Å². The van der Waals surface area contributed by atoms with Crippen molar-refractivity contribution in [3.05, 3.63) is 29.3 Å². The summed E-state index contributed by atoms with van der Waals surface area (Å²) in [4.78, 5) is 10.6. The maximum atomic E-state index is 10.6. The first-order valence-corrected chi connectivity index (χ1v) is 4.14. The van der Waals surface area contributed by atoms with E-state index in [1.807, 2.05) is 0 Å². The Kier molecular flexibility index (Phi) is 1.98. The molecule has 4 heteroatoms. The molecule has 1 aromatic rings. The molecule has 0 unspecified atom stereocenters. The van der Waals surface area contributed by atoms with Gasteiger partial charge in [-0.3, -0.25) is 4.79 Å². The molecule has 0 fully saturated rings. The lowest BCUT2D eigenvalue weighted by atomic mass is 10.1. The Morgan fingerprint density at radius 3 is 3.08 bits per heavy atom. The molecule has 2 rings (SSSR count). The van der Waals surface area contributed by atoms with Crippen molar-refractivity contribution < 1.29 is 14.3 Å². The van der Waals surface area contributed by atoms with Crippen LogP contribution in [0.4, 0.5) is 0 Å². The van der Waals surface area contributed by atoms with E-state index in [4.69, 9.17) is 21.7 Å². The van der Waals surface area contributed by atoms with Gasteiger partial charge in [0.15, 0.2) is 6.29 Å². The van der Waals surface area contributed by atoms with Gasteiger partial charge in [-0.05, 0) is 6.07 Å². The molecule has 3 nitrogen and oxygen atoms in total. The molecule has 0 spiro atoms. The van der Waals surface area contributed by atoms with Crippen molar-refractivity contribution in [3.8, 4) is 5.75 Å². The molecule has 0 atom stereocenters. The average molecular weight is 194 g/mol. The van der Waals surface area contributed by atoms with Crippen LogP contribution in [0.15, 0.2) is 18.2 Å². The lowest BCUT2D eigenvalue weighted by Gasteiger charge is -2.18. The molecule has 1 aliphatic rings. The zero-order valence-electron chi connectivity index (χ0n) is 6.65. The lowest BCUT2D eigenvalue weighted by molar-refractivity contribution is 0.111. The molecule has 0 radical (unpaired) electrons. The summed E-state index contributed by atoms with van der Waals surface area (Å²) in [5.74, 6) is 0.612. The number of aldehydes is 1. The summed E-state index contributed by atoms with van der Waals surface area (Å²) in [6, 6.07) is 5.22. The van der Waals surface area contributed by atoms with E-state index >= 15 is 0 Å². The predicted octanol–water partition coefficient (Wildman–Crippen LogP) is 1.69. The van der Waals surface area contributed by atoms with Crippen molar-refractivity contribution in [1.82, 2.24) is 0 Å². The molecule has 0 bridgehead atoms. The van der Waals surface area contributed by atoms with Gasteiger partial charge in [-0.2, -0.15) is 0 Å². The third-order valence-corrected chi connectivity index (χ3v) is 2.03. The van der Waals surface area contributed by atoms with Gasteiger partial charge in [0.1, 0.15) is 12.4 Å². The highest BCUT2D eigenvalue weighted by atomic mass is 32.1. The maximum Gasteiger partial charge on any atom is 0.358 e. The Hall–Kier alpha value is -1.42. The number of carbonyl (C=O) groups excluding carboxylic acids is 1. The third kappa shape index (κ3) is 1.40. The minimum Gasteiger partial charge on any atom is -0.452 e. The topological polar surface area (TPSA) is 35.5 Å². The molecular weight excluding hydrogens is 188 g/mol. The molecule has 0 saturated carbocycles. The second-order valence-corrected chi connectivity index (χ2v) is 2.92. The van der Waals surface area contributed by atoms with Gasteiger partial charge >= 0.3 is 5.24 Å². The van der Waals surface area contributed by atoms with E-state index in [0.717, 1.165) is 11.8 Å². The highest BCUT2D eigenvalue weighted by Crippen LogP contribution is 2.26. The van der Waals surface area contributed by atoms with Gasteiger partial charge in [0, 0.05) is 23.3 Å². The normalized spacial score (nSPS) is 14.0. The molecule has 0 aliphatic carbocycles. The first-order chi connectivity index (χ1) is 6.31. The standard InChI is InChI=1S/C9H6O3S/c10-4-6-2-1-3-8-7(6)5-11-9(13)12-8/h1-4H,5H2. The average Bonchev–Trinajstić information content (AvgIpc) is 2.16. The van der Waals surface area contributed by atoms with Gasteiger partial charge in [-0.25, -0.2) is 0 Å². The van der Waals surface area contributed by atoms with Crippen LogP contribution < -0.4 is 4.74 Å². The Morgan fingerprint density at radius 2 is 2.31 bits per heavy atom. The van der Waals surface area contributed by atoms with Gasteiger partial charge in [0.2, 0.25) is 0 Å². The molecule has 1 heterocycles. The summed E-state index contributed by atoms with van der Waals surface area (Å²) in [7, 11) is 0. The fourth-order valence-corrected chi connectivity index (χ4v) is 1.34. The number of hydrogen-bond donors (Lipinski definition) is 0. The van der Waals surface area contributed by atoms with Crippen molar-refractivity contribution >= 4 is 23.7 Å². The summed E-state index contributed by atoms with van der Waals surface area (Å²) >= 11 is 4.73. The van der Waals surface area contributed by atoms with Gasteiger partial charge < -0.3 is 9.47 Å². The van der Waals surface area contributed by atoms with Crippen LogP contribution >= 0.6 is 12.2 Å². The molecule has 1 aromatic carbocycles. The Labute approximate surface area is 80.3 Å². The molecule has 13 heavy (non-hydrogen) atoms. The summed E-state index contributed by atoms with van der Waals surface area (Å²) in [5, 5.41) is 0.107. The van der Waals surface area contributed by atoms with Crippen LogP contribution in [-0.4, -0.2) is 11.5 Å². The number of carbonyl (C=O) groups is 1. The van der Waals surface area contributed by atoms with E-state index in [0.29, 0.717) is 17.9 Å². The Morgan fingerprint density at radius 1 is 1.46 bits per heavy atom. The van der Waals surface area contributed by atoms with E-state index in [1.54, 1.807) is 18.2 Å². The minimum atomic E-state index is 0.107. The van der Waals surface area contributed by atoms with E-state index in [1.165, 1.54) is 0 Å². The Balaban J connectivity index is 2.51. The zero-order valence-corrected chi connectivity index (χ0v) is 7.47. The highest BCUT2D eigenvalue weighted by molar-refractivity contribution is 7.79. The van der Waals surface area contributed by atoms with Crippen molar-refractivity contribution in [2.75, 3.05) is 0 Å². The van der Waals surface area contributed by atoms with E-state index in [9.17, 15) is 4.79 Å². The highest BCUT2D eigenvalue weighted by Gasteiger charge is 2.17. The van der Waals surface area contributed by atoms with Crippen LogP contribution in [0.5, 0.6) is 5.75 Å². The van der Waals surface area contributed by atoms with E-state index in [2.05, 4.69) is 0 Å². The van der Waals surface area contributed by atoms with Crippen molar-refractivity contribution in [2.45, 2.75) is 6.61 Å². The smallest absolute Gasteiger partial charge is 0.358 e. The van der Waals surface area contributed by atoms with Crippen LogP contribution in [0.1, 0.15) is 15.9 Å². The summed E-state index contributed by atoms with van der Waals surface area (Å²) < 4.78 is 10.1. The number of fused-ring (bicyclic) bond motifs is 1. The van der Waals surface area contributed by atoms with Crippen molar-refractivity contribution in [3.63, 3.8) is 0 Å². The lowest BCUT2D eigenvalue weighted by Crippen LogP contribution is -2.18. The molecule has 66 valence electrons. The summed E-state index contributed by atoms with van der Waals surface area (Å²) in [6.45, 7) is 0.309. The molecule has 0 amide bonds. The van der Waals surface area contributed by atoms with Crippen LogP contribution in [0, 0.1) is 0 Å².